The molecular weight excluding hydrogens is 142 g/mol. The second-order valence-corrected chi connectivity index (χ2v) is 2.89. The van der Waals surface area contributed by atoms with E-state index in [2.05, 4.69) is 0 Å². The predicted octanol–water partition coefficient (Wildman–Crippen LogP) is 0.367. The van der Waals surface area contributed by atoms with E-state index in [-0.39, 0.29) is 12.0 Å². The molecular formula is C8H19NO2. The van der Waals surface area contributed by atoms with E-state index < -0.39 is 6.10 Å². The van der Waals surface area contributed by atoms with Crippen LogP contribution in [-0.2, 0) is 4.74 Å². The van der Waals surface area contributed by atoms with Gasteiger partial charge in [0, 0.05) is 7.11 Å². The summed E-state index contributed by atoms with van der Waals surface area (Å²) in [7, 11) is 1.61. The van der Waals surface area contributed by atoms with Crippen molar-refractivity contribution in [1.82, 2.24) is 0 Å². The summed E-state index contributed by atoms with van der Waals surface area (Å²) in [6, 6.07) is 0. The van der Waals surface area contributed by atoms with Crippen molar-refractivity contribution in [3.63, 3.8) is 0 Å². The van der Waals surface area contributed by atoms with E-state index in [1.54, 1.807) is 7.11 Å². The maximum atomic E-state index is 9.57. The fourth-order valence-corrected chi connectivity index (χ4v) is 1.05. The summed E-state index contributed by atoms with van der Waals surface area (Å²) in [5.74, 6) is 0.111. The van der Waals surface area contributed by atoms with E-state index >= 15 is 0 Å². The van der Waals surface area contributed by atoms with Crippen LogP contribution >= 0.6 is 0 Å². The quantitative estimate of drug-likeness (QED) is 0.612. The van der Waals surface area contributed by atoms with Gasteiger partial charge in [0.05, 0.1) is 12.2 Å². The highest BCUT2D eigenvalue weighted by atomic mass is 16.5. The minimum atomic E-state index is -0.435. The van der Waals surface area contributed by atoms with Crippen LogP contribution in [0.3, 0.4) is 0 Å². The van der Waals surface area contributed by atoms with Crippen LogP contribution in [0.15, 0.2) is 0 Å². The Kier molecular flexibility index (Phi) is 5.46. The number of hydrogen-bond acceptors (Lipinski definition) is 3. The molecule has 0 aliphatic heterocycles. The smallest absolute Gasteiger partial charge is 0.0839 e. The van der Waals surface area contributed by atoms with E-state index in [1.165, 1.54) is 0 Å². The lowest BCUT2D eigenvalue weighted by atomic mass is 9.98. The molecule has 0 heterocycles. The van der Waals surface area contributed by atoms with Crippen LogP contribution in [-0.4, -0.2) is 31.0 Å². The molecule has 0 aromatic heterocycles. The van der Waals surface area contributed by atoms with E-state index in [1.807, 2.05) is 13.8 Å². The van der Waals surface area contributed by atoms with Crippen molar-refractivity contribution in [2.45, 2.75) is 32.5 Å². The normalized spacial score (nSPS) is 19.4. The lowest BCUT2D eigenvalue weighted by Gasteiger charge is -2.24. The number of aliphatic hydroxyl groups excluding tert-OH is 1. The standard InChI is InChI=1S/C8H19NO2/c1-4-7(11-3)8(10)6(2)5-9/h6-8,10H,4-5,9H2,1-3H3. The molecule has 0 spiro atoms. The Balaban J connectivity index is 3.86. The molecule has 0 fully saturated rings. The van der Waals surface area contributed by atoms with Gasteiger partial charge in [0.2, 0.25) is 0 Å². The van der Waals surface area contributed by atoms with Gasteiger partial charge in [0.25, 0.3) is 0 Å². The summed E-state index contributed by atoms with van der Waals surface area (Å²) >= 11 is 0. The van der Waals surface area contributed by atoms with Gasteiger partial charge < -0.3 is 15.6 Å². The van der Waals surface area contributed by atoms with E-state index in [0.717, 1.165) is 6.42 Å². The zero-order valence-corrected chi connectivity index (χ0v) is 7.58. The van der Waals surface area contributed by atoms with Crippen LogP contribution in [0.4, 0.5) is 0 Å². The third-order valence-electron chi connectivity index (χ3n) is 2.04. The van der Waals surface area contributed by atoms with Gasteiger partial charge in [-0.2, -0.15) is 0 Å². The molecule has 3 nitrogen and oxygen atoms in total. The second kappa shape index (κ2) is 5.52. The fraction of sp³-hybridized carbons (Fsp3) is 1.00. The topological polar surface area (TPSA) is 55.5 Å². The van der Waals surface area contributed by atoms with Crippen molar-refractivity contribution in [3.8, 4) is 0 Å². The van der Waals surface area contributed by atoms with E-state index in [4.69, 9.17) is 10.5 Å². The fourth-order valence-electron chi connectivity index (χ4n) is 1.05. The van der Waals surface area contributed by atoms with Crippen molar-refractivity contribution < 1.29 is 9.84 Å². The van der Waals surface area contributed by atoms with Gasteiger partial charge in [-0.15, -0.1) is 0 Å². The molecule has 0 aromatic rings. The molecule has 11 heavy (non-hydrogen) atoms. The number of nitrogens with two attached hydrogens (primary N) is 1. The summed E-state index contributed by atoms with van der Waals surface area (Å²) < 4.78 is 5.08. The molecule has 0 aliphatic rings. The summed E-state index contributed by atoms with van der Waals surface area (Å²) in [6.07, 6.45) is 0.311. The summed E-state index contributed by atoms with van der Waals surface area (Å²) in [4.78, 5) is 0. The first-order valence-corrected chi connectivity index (χ1v) is 4.08. The lowest BCUT2D eigenvalue weighted by Crippen LogP contribution is -2.36. The highest BCUT2D eigenvalue weighted by Crippen LogP contribution is 2.11. The van der Waals surface area contributed by atoms with Gasteiger partial charge in [-0.1, -0.05) is 13.8 Å². The lowest BCUT2D eigenvalue weighted by molar-refractivity contribution is -0.0373. The number of ether oxygens (including phenoxy) is 1. The zero-order valence-electron chi connectivity index (χ0n) is 7.58. The maximum absolute atomic E-state index is 9.57. The van der Waals surface area contributed by atoms with E-state index in [0.29, 0.717) is 6.54 Å². The van der Waals surface area contributed by atoms with Gasteiger partial charge in [-0.05, 0) is 18.9 Å². The average molecular weight is 161 g/mol. The molecule has 3 heteroatoms. The number of hydrogen-bond donors (Lipinski definition) is 2. The predicted molar refractivity (Wildman–Crippen MR) is 45.3 cm³/mol. The van der Waals surface area contributed by atoms with Crippen molar-refractivity contribution in [3.05, 3.63) is 0 Å². The van der Waals surface area contributed by atoms with Crippen LogP contribution in [0.1, 0.15) is 20.3 Å². The molecule has 3 atom stereocenters. The molecule has 0 amide bonds. The van der Waals surface area contributed by atoms with Crippen molar-refractivity contribution >= 4 is 0 Å². The second-order valence-electron chi connectivity index (χ2n) is 2.89. The minimum Gasteiger partial charge on any atom is -0.390 e. The van der Waals surface area contributed by atoms with Crippen LogP contribution in [0.2, 0.25) is 0 Å². The zero-order chi connectivity index (χ0) is 8.85. The third-order valence-corrected chi connectivity index (χ3v) is 2.04. The van der Waals surface area contributed by atoms with Crippen LogP contribution in [0, 0.1) is 5.92 Å². The Bertz CT molecular complexity index is 94.1. The highest BCUT2D eigenvalue weighted by Gasteiger charge is 2.21. The molecule has 0 aliphatic carbocycles. The van der Waals surface area contributed by atoms with Gasteiger partial charge >= 0.3 is 0 Å². The molecule has 0 radical (unpaired) electrons. The summed E-state index contributed by atoms with van der Waals surface area (Å²) in [5.41, 5.74) is 5.40. The molecule has 0 saturated carbocycles. The van der Waals surface area contributed by atoms with Crippen LogP contribution < -0.4 is 5.73 Å². The summed E-state index contributed by atoms with van der Waals surface area (Å²) in [5, 5.41) is 9.57. The molecule has 0 saturated heterocycles. The number of rotatable bonds is 5. The Labute approximate surface area is 68.5 Å². The van der Waals surface area contributed by atoms with E-state index in [9.17, 15) is 5.11 Å². The van der Waals surface area contributed by atoms with Gasteiger partial charge in [-0.3, -0.25) is 0 Å². The van der Waals surface area contributed by atoms with Gasteiger partial charge in [0.1, 0.15) is 0 Å². The first-order chi connectivity index (χ1) is 5.17. The van der Waals surface area contributed by atoms with Gasteiger partial charge in [0.15, 0.2) is 0 Å². The number of aliphatic hydroxyl groups is 1. The molecule has 0 aromatic carbocycles. The SMILES string of the molecule is CCC(OC)C(O)C(C)CN. The summed E-state index contributed by atoms with van der Waals surface area (Å²) in [6.45, 7) is 4.41. The van der Waals surface area contributed by atoms with Crippen molar-refractivity contribution in [1.29, 1.82) is 0 Å². The monoisotopic (exact) mass is 161 g/mol. The Morgan fingerprint density at radius 1 is 1.55 bits per heavy atom. The highest BCUT2D eigenvalue weighted by molar-refractivity contribution is 4.73. The van der Waals surface area contributed by atoms with Crippen molar-refractivity contribution in [2.75, 3.05) is 13.7 Å². The Morgan fingerprint density at radius 3 is 2.36 bits per heavy atom. The van der Waals surface area contributed by atoms with Crippen LogP contribution in [0.5, 0.6) is 0 Å². The molecule has 0 rings (SSSR count). The Morgan fingerprint density at radius 2 is 2.09 bits per heavy atom. The molecule has 0 bridgehead atoms. The molecule has 68 valence electrons. The van der Waals surface area contributed by atoms with Gasteiger partial charge in [-0.25, -0.2) is 0 Å². The van der Waals surface area contributed by atoms with Crippen LogP contribution in [0.25, 0.3) is 0 Å². The first-order valence-electron chi connectivity index (χ1n) is 4.08. The number of methoxy groups -OCH3 is 1. The molecule has 3 N–H and O–H groups in total. The third kappa shape index (κ3) is 3.18. The Hall–Kier alpha value is -0.120. The van der Waals surface area contributed by atoms with Crippen molar-refractivity contribution in [2.24, 2.45) is 11.7 Å². The molecule has 3 unspecified atom stereocenters. The average Bonchev–Trinajstić information content (AvgIpc) is 2.05. The maximum Gasteiger partial charge on any atom is 0.0839 e. The minimum absolute atomic E-state index is 0.0754. The largest absolute Gasteiger partial charge is 0.390 e. The first kappa shape index (κ1) is 10.9.